The zero-order valence-corrected chi connectivity index (χ0v) is 17.7. The highest BCUT2D eigenvalue weighted by molar-refractivity contribution is 6.33. The molecule has 2 N–H and O–H groups in total. The Hall–Kier alpha value is -3.59. The van der Waals surface area contributed by atoms with Gasteiger partial charge in [-0.15, -0.1) is 0 Å². The third-order valence-electron chi connectivity index (χ3n) is 3.89. The summed E-state index contributed by atoms with van der Waals surface area (Å²) in [4.78, 5) is 32.7. The van der Waals surface area contributed by atoms with Gasteiger partial charge in [0.05, 0.1) is 30.8 Å². The van der Waals surface area contributed by atoms with Gasteiger partial charge in [0.25, 0.3) is 5.91 Å². The first-order valence-corrected chi connectivity index (χ1v) is 9.95. The zero-order valence-electron chi connectivity index (χ0n) is 17.0. The van der Waals surface area contributed by atoms with E-state index in [1.807, 2.05) is 19.9 Å². The maximum absolute atomic E-state index is 12.3. The molecule has 2 aromatic heterocycles. The average molecular weight is 445 g/mol. The second kappa shape index (κ2) is 10.4. The summed E-state index contributed by atoms with van der Waals surface area (Å²) >= 11 is 6.15. The molecule has 0 aliphatic carbocycles. The fourth-order valence-corrected chi connectivity index (χ4v) is 2.81. The predicted molar refractivity (Wildman–Crippen MR) is 114 cm³/mol. The van der Waals surface area contributed by atoms with Crippen molar-refractivity contribution in [3.63, 3.8) is 0 Å². The molecule has 0 saturated heterocycles. The van der Waals surface area contributed by atoms with Gasteiger partial charge in [0.2, 0.25) is 23.6 Å². The number of anilines is 1. The molecule has 31 heavy (non-hydrogen) atoms. The molecule has 9 nitrogen and oxygen atoms in total. The molecule has 10 heteroatoms. The Balaban J connectivity index is 1.60. The second-order valence-corrected chi connectivity index (χ2v) is 6.52. The summed E-state index contributed by atoms with van der Waals surface area (Å²) < 4.78 is 16.3. The highest BCUT2D eigenvalue weighted by atomic mass is 35.5. The third kappa shape index (κ3) is 5.95. The number of aromatic nitrogens is 2. The standard InChI is InChI=1S/C21H21ClN4O5/c1-3-29-18-11-19(30-4-2)26-21(25-18)24-17(27)12-23-20(28)16-10-9-15(31-16)13-7-5-6-8-14(13)22/h5-11H,3-4,12H2,1-2H3,(H,23,28)(H,24,25,26,27). The summed E-state index contributed by atoms with van der Waals surface area (Å²) in [5.41, 5.74) is 0.664. The van der Waals surface area contributed by atoms with Crippen molar-refractivity contribution in [3.8, 4) is 23.1 Å². The first-order valence-electron chi connectivity index (χ1n) is 9.57. The lowest BCUT2D eigenvalue weighted by Gasteiger charge is -2.09. The number of rotatable bonds is 9. The van der Waals surface area contributed by atoms with Crippen LogP contribution in [0.15, 0.2) is 46.9 Å². The molecule has 3 rings (SSSR count). The van der Waals surface area contributed by atoms with Crippen LogP contribution in [0.25, 0.3) is 11.3 Å². The molecule has 0 atom stereocenters. The molecule has 0 aliphatic heterocycles. The van der Waals surface area contributed by atoms with E-state index < -0.39 is 11.8 Å². The number of carbonyl (C=O) groups excluding carboxylic acids is 2. The number of carbonyl (C=O) groups is 2. The van der Waals surface area contributed by atoms with Crippen LogP contribution in [0.2, 0.25) is 5.02 Å². The minimum Gasteiger partial charge on any atom is -0.478 e. The number of amides is 2. The van der Waals surface area contributed by atoms with Gasteiger partial charge in [-0.05, 0) is 38.1 Å². The van der Waals surface area contributed by atoms with Gasteiger partial charge in [-0.2, -0.15) is 9.97 Å². The van der Waals surface area contributed by atoms with Gasteiger partial charge in [-0.25, -0.2) is 0 Å². The molecule has 3 aromatic rings. The fraction of sp³-hybridized carbons (Fsp3) is 0.238. The molecule has 2 amide bonds. The normalized spacial score (nSPS) is 10.4. The molecule has 2 heterocycles. The van der Waals surface area contributed by atoms with Crippen LogP contribution < -0.4 is 20.1 Å². The Morgan fingerprint density at radius 1 is 1.03 bits per heavy atom. The van der Waals surface area contributed by atoms with Gasteiger partial charge in [0, 0.05) is 5.56 Å². The number of hydrogen-bond acceptors (Lipinski definition) is 7. The van der Waals surface area contributed by atoms with Crippen molar-refractivity contribution in [2.75, 3.05) is 25.1 Å². The number of furan rings is 1. The van der Waals surface area contributed by atoms with E-state index >= 15 is 0 Å². The molecule has 0 radical (unpaired) electrons. The molecular formula is C21H21ClN4O5. The van der Waals surface area contributed by atoms with Crippen LogP contribution >= 0.6 is 11.6 Å². The van der Waals surface area contributed by atoms with Crippen LogP contribution in [-0.2, 0) is 4.79 Å². The quantitative estimate of drug-likeness (QED) is 0.518. The van der Waals surface area contributed by atoms with Crippen LogP contribution in [0.4, 0.5) is 5.95 Å². The number of nitrogens with zero attached hydrogens (tertiary/aromatic N) is 2. The van der Waals surface area contributed by atoms with Gasteiger partial charge in [0.15, 0.2) is 5.76 Å². The van der Waals surface area contributed by atoms with E-state index in [1.54, 1.807) is 24.3 Å². The summed E-state index contributed by atoms with van der Waals surface area (Å²) in [6.07, 6.45) is 0. The minimum absolute atomic E-state index is 0.00709. The Morgan fingerprint density at radius 3 is 2.35 bits per heavy atom. The topological polar surface area (TPSA) is 116 Å². The van der Waals surface area contributed by atoms with E-state index in [4.69, 9.17) is 25.5 Å². The van der Waals surface area contributed by atoms with Gasteiger partial charge in [-0.3, -0.25) is 14.9 Å². The van der Waals surface area contributed by atoms with E-state index in [0.717, 1.165) is 0 Å². The predicted octanol–water partition coefficient (Wildman–Crippen LogP) is 3.56. The molecular weight excluding hydrogens is 424 g/mol. The molecule has 0 aliphatic rings. The summed E-state index contributed by atoms with van der Waals surface area (Å²) in [7, 11) is 0. The van der Waals surface area contributed by atoms with Crippen molar-refractivity contribution in [2.45, 2.75) is 13.8 Å². The Bertz CT molecular complexity index is 1050. The zero-order chi connectivity index (χ0) is 22.2. The average Bonchev–Trinajstić information content (AvgIpc) is 3.23. The van der Waals surface area contributed by atoms with Crippen LogP contribution in [-0.4, -0.2) is 41.5 Å². The number of ether oxygens (including phenoxy) is 2. The number of benzene rings is 1. The van der Waals surface area contributed by atoms with Crippen molar-refractivity contribution >= 4 is 29.4 Å². The fourth-order valence-electron chi connectivity index (χ4n) is 2.59. The minimum atomic E-state index is -0.549. The second-order valence-electron chi connectivity index (χ2n) is 6.11. The Labute approximate surface area is 183 Å². The number of halogens is 1. The lowest BCUT2D eigenvalue weighted by molar-refractivity contribution is -0.115. The highest BCUT2D eigenvalue weighted by Crippen LogP contribution is 2.29. The van der Waals surface area contributed by atoms with E-state index in [2.05, 4.69) is 20.6 Å². The SMILES string of the molecule is CCOc1cc(OCC)nc(NC(=O)CNC(=O)c2ccc(-c3ccccc3Cl)o2)n1. The maximum Gasteiger partial charge on any atom is 0.287 e. The molecule has 0 unspecified atom stereocenters. The van der Waals surface area contributed by atoms with Crippen LogP contribution in [0, 0.1) is 0 Å². The van der Waals surface area contributed by atoms with Crippen molar-refractivity contribution in [3.05, 3.63) is 53.2 Å². The lowest BCUT2D eigenvalue weighted by atomic mass is 10.2. The Kier molecular flexibility index (Phi) is 7.45. The van der Waals surface area contributed by atoms with Crippen molar-refractivity contribution in [1.82, 2.24) is 15.3 Å². The molecule has 0 saturated carbocycles. The summed E-state index contributed by atoms with van der Waals surface area (Å²) in [5, 5.41) is 5.49. The lowest BCUT2D eigenvalue weighted by Crippen LogP contribution is -2.33. The van der Waals surface area contributed by atoms with Gasteiger partial charge in [-0.1, -0.05) is 23.7 Å². The number of hydrogen-bond donors (Lipinski definition) is 2. The monoisotopic (exact) mass is 444 g/mol. The summed E-state index contributed by atoms with van der Waals surface area (Å²) in [6.45, 7) is 4.09. The van der Waals surface area contributed by atoms with Crippen LogP contribution in [0.5, 0.6) is 11.8 Å². The van der Waals surface area contributed by atoms with Gasteiger partial charge < -0.3 is 19.2 Å². The largest absolute Gasteiger partial charge is 0.478 e. The van der Waals surface area contributed by atoms with Gasteiger partial charge >= 0.3 is 0 Å². The first-order chi connectivity index (χ1) is 15.0. The van der Waals surface area contributed by atoms with Crippen LogP contribution in [0.1, 0.15) is 24.4 Å². The molecule has 0 spiro atoms. The highest BCUT2D eigenvalue weighted by Gasteiger charge is 2.16. The van der Waals surface area contributed by atoms with Crippen LogP contribution in [0.3, 0.4) is 0 Å². The van der Waals surface area contributed by atoms with E-state index in [0.29, 0.717) is 29.6 Å². The van der Waals surface area contributed by atoms with E-state index in [1.165, 1.54) is 12.1 Å². The van der Waals surface area contributed by atoms with Crippen molar-refractivity contribution in [2.24, 2.45) is 0 Å². The van der Waals surface area contributed by atoms with Crippen molar-refractivity contribution in [1.29, 1.82) is 0 Å². The number of nitrogens with one attached hydrogen (secondary N) is 2. The third-order valence-corrected chi connectivity index (χ3v) is 4.22. The molecule has 1 aromatic carbocycles. The first kappa shape index (κ1) is 22.1. The molecule has 0 fully saturated rings. The molecule has 0 bridgehead atoms. The maximum atomic E-state index is 12.3. The molecule has 162 valence electrons. The van der Waals surface area contributed by atoms with E-state index in [-0.39, 0.29) is 30.0 Å². The summed E-state index contributed by atoms with van der Waals surface area (Å²) in [5.74, 6) is -0.0332. The van der Waals surface area contributed by atoms with Crippen molar-refractivity contribution < 1.29 is 23.5 Å². The summed E-state index contributed by atoms with van der Waals surface area (Å²) in [6, 6.07) is 11.8. The Morgan fingerprint density at radius 2 is 1.71 bits per heavy atom. The van der Waals surface area contributed by atoms with Gasteiger partial charge in [0.1, 0.15) is 5.76 Å². The smallest absolute Gasteiger partial charge is 0.287 e. The van der Waals surface area contributed by atoms with E-state index in [9.17, 15) is 9.59 Å².